The van der Waals surface area contributed by atoms with Gasteiger partial charge in [0.2, 0.25) is 0 Å². The number of carbonyl (C=O) groups is 2. The summed E-state index contributed by atoms with van der Waals surface area (Å²) in [6.07, 6.45) is -0.132. The second-order valence-corrected chi connectivity index (χ2v) is 5.68. The normalized spacial score (nSPS) is 33.6. The summed E-state index contributed by atoms with van der Waals surface area (Å²) in [6, 6.07) is -0.172. The smallest absolute Gasteiger partial charge is 0.407 e. The van der Waals surface area contributed by atoms with Crippen LogP contribution in [0.2, 0.25) is 0 Å². The minimum atomic E-state index is -0.533. The molecule has 0 radical (unpaired) electrons. The summed E-state index contributed by atoms with van der Waals surface area (Å²) < 4.78 is 15.2. The molecule has 2 rings (SSSR count). The number of nitrogens with one attached hydrogen (secondary N) is 1. The van der Waals surface area contributed by atoms with Crippen LogP contribution >= 0.6 is 0 Å². The zero-order chi connectivity index (χ0) is 13.5. The van der Waals surface area contributed by atoms with Crippen molar-refractivity contribution >= 4 is 12.1 Å². The van der Waals surface area contributed by atoms with E-state index in [1.165, 1.54) is 7.11 Å². The number of hydrogen-bond acceptors (Lipinski definition) is 5. The van der Waals surface area contributed by atoms with E-state index >= 15 is 0 Å². The predicted molar refractivity (Wildman–Crippen MR) is 61.9 cm³/mol. The van der Waals surface area contributed by atoms with Crippen molar-refractivity contribution in [1.29, 1.82) is 0 Å². The van der Waals surface area contributed by atoms with Crippen molar-refractivity contribution in [3.05, 3.63) is 0 Å². The van der Waals surface area contributed by atoms with Crippen LogP contribution in [0.1, 0.15) is 27.2 Å². The molecule has 1 aliphatic carbocycles. The number of fused-ring (bicyclic) bond motifs is 1. The molecule has 0 spiro atoms. The van der Waals surface area contributed by atoms with Crippen molar-refractivity contribution in [2.24, 2.45) is 5.92 Å². The molecule has 6 heteroatoms. The van der Waals surface area contributed by atoms with Gasteiger partial charge in [-0.2, -0.15) is 0 Å². The minimum Gasteiger partial charge on any atom is -0.469 e. The van der Waals surface area contributed by atoms with E-state index in [9.17, 15) is 9.59 Å². The zero-order valence-electron chi connectivity index (χ0n) is 11.1. The maximum Gasteiger partial charge on any atom is 0.407 e. The van der Waals surface area contributed by atoms with E-state index in [4.69, 9.17) is 14.2 Å². The van der Waals surface area contributed by atoms with Gasteiger partial charge in [-0.05, 0) is 27.2 Å². The minimum absolute atomic E-state index is 0.0818. The molecule has 4 unspecified atom stereocenters. The number of ether oxygens (including phenoxy) is 3. The van der Waals surface area contributed by atoms with Crippen LogP contribution in [0, 0.1) is 5.92 Å². The molecule has 0 aromatic carbocycles. The summed E-state index contributed by atoms with van der Waals surface area (Å²) in [5.41, 5.74) is -0.533. The van der Waals surface area contributed by atoms with E-state index < -0.39 is 11.7 Å². The fourth-order valence-corrected chi connectivity index (χ4v) is 2.31. The Morgan fingerprint density at radius 1 is 1.28 bits per heavy atom. The number of rotatable bonds is 2. The number of epoxide rings is 1. The standard InChI is InChI=1S/C12H19NO5/c1-12(2,3)18-11(15)13-7-5-6(10(14)16-4)8-9(7)17-8/h6-9H,5H2,1-4H3,(H,13,15). The summed E-state index contributed by atoms with van der Waals surface area (Å²) in [4.78, 5) is 23.1. The van der Waals surface area contributed by atoms with Gasteiger partial charge in [0.1, 0.15) is 11.7 Å². The van der Waals surface area contributed by atoms with Crippen LogP contribution in [-0.4, -0.2) is 43.0 Å². The molecule has 102 valence electrons. The lowest BCUT2D eigenvalue weighted by Gasteiger charge is -2.22. The zero-order valence-corrected chi connectivity index (χ0v) is 11.1. The summed E-state index contributed by atoms with van der Waals surface area (Å²) in [6.45, 7) is 5.40. The lowest BCUT2D eigenvalue weighted by Crippen LogP contribution is -2.41. The Labute approximate surface area is 106 Å². The van der Waals surface area contributed by atoms with Gasteiger partial charge in [-0.15, -0.1) is 0 Å². The van der Waals surface area contributed by atoms with Crippen molar-refractivity contribution in [2.45, 2.75) is 51.0 Å². The van der Waals surface area contributed by atoms with Gasteiger partial charge in [-0.3, -0.25) is 4.79 Å². The molecule has 6 nitrogen and oxygen atoms in total. The molecule has 2 fully saturated rings. The topological polar surface area (TPSA) is 77.2 Å². The molecule has 4 atom stereocenters. The quantitative estimate of drug-likeness (QED) is 0.586. The maximum atomic E-state index is 11.6. The summed E-state index contributed by atoms with van der Waals surface area (Å²) in [5.74, 6) is -0.559. The Morgan fingerprint density at radius 3 is 2.50 bits per heavy atom. The number of alkyl carbamates (subject to hydrolysis) is 1. The van der Waals surface area contributed by atoms with E-state index in [-0.39, 0.29) is 30.1 Å². The second-order valence-electron chi connectivity index (χ2n) is 5.68. The van der Waals surface area contributed by atoms with E-state index in [0.717, 1.165) is 0 Å². The van der Waals surface area contributed by atoms with Gasteiger partial charge in [-0.1, -0.05) is 0 Å². The lowest BCUT2D eigenvalue weighted by molar-refractivity contribution is -0.146. The number of methoxy groups -OCH3 is 1. The van der Waals surface area contributed by atoms with Gasteiger partial charge in [0, 0.05) is 0 Å². The molecule has 18 heavy (non-hydrogen) atoms. The number of carbonyl (C=O) groups excluding carboxylic acids is 2. The molecule has 0 bridgehead atoms. The van der Waals surface area contributed by atoms with Crippen molar-refractivity contribution < 1.29 is 23.8 Å². The monoisotopic (exact) mass is 257 g/mol. The number of esters is 1. The Hall–Kier alpha value is -1.30. The third-order valence-electron chi connectivity index (χ3n) is 3.07. The molecule has 1 heterocycles. The van der Waals surface area contributed by atoms with Crippen molar-refractivity contribution in [3.8, 4) is 0 Å². The van der Waals surface area contributed by atoms with Crippen LogP contribution < -0.4 is 5.32 Å². The molecular weight excluding hydrogens is 238 g/mol. The Morgan fingerprint density at radius 2 is 1.94 bits per heavy atom. The van der Waals surface area contributed by atoms with Crippen LogP contribution in [0.25, 0.3) is 0 Å². The van der Waals surface area contributed by atoms with Crippen LogP contribution in [0.3, 0.4) is 0 Å². The van der Waals surface area contributed by atoms with Crippen LogP contribution in [-0.2, 0) is 19.0 Å². The maximum absolute atomic E-state index is 11.6. The van der Waals surface area contributed by atoms with Gasteiger partial charge in [0.15, 0.2) is 0 Å². The molecule has 2 aliphatic rings. The molecule has 1 aliphatic heterocycles. The SMILES string of the molecule is COC(=O)C1CC(NC(=O)OC(C)(C)C)C2OC12. The first kappa shape index (κ1) is 13.1. The van der Waals surface area contributed by atoms with Gasteiger partial charge in [0.05, 0.1) is 25.2 Å². The molecule has 0 aromatic rings. The third-order valence-corrected chi connectivity index (χ3v) is 3.07. The van der Waals surface area contributed by atoms with Gasteiger partial charge < -0.3 is 19.5 Å². The molecule has 1 amide bonds. The average molecular weight is 257 g/mol. The first-order valence-electron chi connectivity index (χ1n) is 6.04. The van der Waals surface area contributed by atoms with Crippen LogP contribution in [0.4, 0.5) is 4.79 Å². The average Bonchev–Trinajstić information content (AvgIpc) is 2.94. The number of hydrogen-bond donors (Lipinski definition) is 1. The van der Waals surface area contributed by atoms with Gasteiger partial charge >= 0.3 is 12.1 Å². The largest absolute Gasteiger partial charge is 0.469 e. The fourth-order valence-electron chi connectivity index (χ4n) is 2.31. The first-order valence-corrected chi connectivity index (χ1v) is 6.04. The highest BCUT2D eigenvalue weighted by molar-refractivity contribution is 5.75. The van der Waals surface area contributed by atoms with Gasteiger partial charge in [-0.25, -0.2) is 4.79 Å². The van der Waals surface area contributed by atoms with Gasteiger partial charge in [0.25, 0.3) is 0 Å². The van der Waals surface area contributed by atoms with E-state index in [1.807, 2.05) is 0 Å². The molecule has 1 saturated heterocycles. The van der Waals surface area contributed by atoms with Crippen molar-refractivity contribution in [3.63, 3.8) is 0 Å². The Balaban J connectivity index is 1.86. The van der Waals surface area contributed by atoms with Crippen LogP contribution in [0.5, 0.6) is 0 Å². The van der Waals surface area contributed by atoms with E-state index in [0.29, 0.717) is 6.42 Å². The highest BCUT2D eigenvalue weighted by Crippen LogP contribution is 2.43. The third kappa shape index (κ3) is 2.75. The lowest BCUT2D eigenvalue weighted by atomic mass is 10.1. The number of amides is 1. The molecule has 0 aromatic heterocycles. The molecule has 1 saturated carbocycles. The van der Waals surface area contributed by atoms with E-state index in [1.54, 1.807) is 20.8 Å². The van der Waals surface area contributed by atoms with Crippen molar-refractivity contribution in [2.75, 3.05) is 7.11 Å². The molecule has 1 N–H and O–H groups in total. The Kier molecular flexibility index (Phi) is 3.23. The summed E-state index contributed by atoms with van der Waals surface area (Å²) in [5, 5.41) is 2.74. The predicted octanol–water partition coefficient (Wildman–Crippen LogP) is 0.840. The fraction of sp³-hybridized carbons (Fsp3) is 0.833. The van der Waals surface area contributed by atoms with Crippen molar-refractivity contribution in [1.82, 2.24) is 5.32 Å². The molecular formula is C12H19NO5. The highest BCUT2D eigenvalue weighted by Gasteiger charge is 2.60. The van der Waals surface area contributed by atoms with Crippen LogP contribution in [0.15, 0.2) is 0 Å². The second kappa shape index (κ2) is 4.42. The summed E-state index contributed by atoms with van der Waals surface area (Å²) in [7, 11) is 1.36. The summed E-state index contributed by atoms with van der Waals surface area (Å²) >= 11 is 0. The first-order chi connectivity index (χ1) is 8.31. The Bertz CT molecular complexity index is 362. The van der Waals surface area contributed by atoms with E-state index in [2.05, 4.69) is 5.32 Å². The highest BCUT2D eigenvalue weighted by atomic mass is 16.6.